The molecule has 0 aliphatic carbocycles. The van der Waals surface area contributed by atoms with E-state index in [1.165, 1.54) is 0 Å². The molecule has 15 heavy (non-hydrogen) atoms. The summed E-state index contributed by atoms with van der Waals surface area (Å²) in [6.45, 7) is 12.6. The minimum atomic E-state index is 0.145. The average Bonchev–Trinajstić information content (AvgIpc) is 2.68. The molecule has 3 nitrogen and oxygen atoms in total. The van der Waals surface area contributed by atoms with Crippen LogP contribution in [0.3, 0.4) is 0 Å². The summed E-state index contributed by atoms with van der Waals surface area (Å²) in [5.41, 5.74) is 6.00. The Labute approximate surface area is 92.6 Å². The highest BCUT2D eigenvalue weighted by molar-refractivity contribution is 4.90. The van der Waals surface area contributed by atoms with Crippen molar-refractivity contribution in [3.05, 3.63) is 25.3 Å². The molecule has 1 saturated heterocycles. The molecule has 0 bridgehead atoms. The summed E-state index contributed by atoms with van der Waals surface area (Å²) in [6.07, 6.45) is 4.90. The van der Waals surface area contributed by atoms with E-state index in [0.717, 1.165) is 39.3 Å². The molecule has 0 aromatic carbocycles. The molecule has 0 aromatic heterocycles. The third kappa shape index (κ3) is 3.45. The Bertz CT molecular complexity index is 200. The normalized spacial score (nSPS) is 25.7. The first-order valence-corrected chi connectivity index (χ1v) is 5.48. The predicted molar refractivity (Wildman–Crippen MR) is 63.8 cm³/mol. The molecule has 1 aliphatic heterocycles. The van der Waals surface area contributed by atoms with Gasteiger partial charge in [0.05, 0.1) is 6.61 Å². The maximum Gasteiger partial charge on any atom is 0.0547 e. The van der Waals surface area contributed by atoms with Crippen molar-refractivity contribution < 1.29 is 4.74 Å². The van der Waals surface area contributed by atoms with E-state index in [4.69, 9.17) is 10.5 Å². The second-order valence-corrected chi connectivity index (χ2v) is 4.28. The smallest absolute Gasteiger partial charge is 0.0547 e. The Kier molecular flexibility index (Phi) is 5.02. The summed E-state index contributed by atoms with van der Waals surface area (Å²) in [5, 5.41) is 0. The Morgan fingerprint density at radius 1 is 1.33 bits per heavy atom. The van der Waals surface area contributed by atoms with Crippen LogP contribution in [-0.4, -0.2) is 44.3 Å². The number of hydrogen-bond acceptors (Lipinski definition) is 3. The average molecular weight is 210 g/mol. The molecule has 2 N–H and O–H groups in total. The zero-order valence-electron chi connectivity index (χ0n) is 9.45. The Hall–Kier alpha value is -0.640. The van der Waals surface area contributed by atoms with Gasteiger partial charge < -0.3 is 10.5 Å². The van der Waals surface area contributed by atoms with Crippen LogP contribution in [0.2, 0.25) is 0 Å². The molecule has 0 radical (unpaired) electrons. The molecule has 0 spiro atoms. The van der Waals surface area contributed by atoms with Gasteiger partial charge in [-0.05, 0) is 6.42 Å². The summed E-state index contributed by atoms with van der Waals surface area (Å²) in [5.74, 6) is 0. The van der Waals surface area contributed by atoms with Crippen molar-refractivity contribution in [2.75, 3.05) is 39.4 Å². The molecule has 1 atom stereocenters. The highest BCUT2D eigenvalue weighted by Gasteiger charge is 2.34. The first-order chi connectivity index (χ1) is 7.26. The lowest BCUT2D eigenvalue weighted by atomic mass is 9.87. The lowest BCUT2D eigenvalue weighted by molar-refractivity contribution is 0.124. The summed E-state index contributed by atoms with van der Waals surface area (Å²) in [7, 11) is 0. The fourth-order valence-electron chi connectivity index (χ4n) is 2.04. The number of hydrogen-bond donors (Lipinski definition) is 1. The van der Waals surface area contributed by atoms with E-state index in [2.05, 4.69) is 18.1 Å². The molecule has 1 fully saturated rings. The zero-order chi connectivity index (χ0) is 11.1. The van der Waals surface area contributed by atoms with Crippen molar-refractivity contribution in [2.24, 2.45) is 11.1 Å². The molecule has 1 rings (SSSR count). The molecule has 1 unspecified atom stereocenters. The van der Waals surface area contributed by atoms with Gasteiger partial charge in [0.25, 0.3) is 0 Å². The first kappa shape index (κ1) is 12.4. The van der Waals surface area contributed by atoms with Crippen molar-refractivity contribution in [2.45, 2.75) is 6.42 Å². The van der Waals surface area contributed by atoms with E-state index in [9.17, 15) is 0 Å². The third-order valence-corrected chi connectivity index (χ3v) is 2.95. The molecule has 0 aromatic rings. The van der Waals surface area contributed by atoms with Gasteiger partial charge in [-0.1, -0.05) is 12.2 Å². The summed E-state index contributed by atoms with van der Waals surface area (Å²) in [4.78, 5) is 2.31. The highest BCUT2D eigenvalue weighted by Crippen LogP contribution is 2.28. The minimum Gasteiger partial charge on any atom is -0.381 e. The van der Waals surface area contributed by atoms with Crippen LogP contribution in [0.25, 0.3) is 0 Å². The SMILES string of the molecule is C=CCN(CC=C)CC1(CN)CCOC1. The minimum absolute atomic E-state index is 0.145. The van der Waals surface area contributed by atoms with Gasteiger partial charge in [-0.3, -0.25) is 4.90 Å². The molecular formula is C12H22N2O. The second-order valence-electron chi connectivity index (χ2n) is 4.28. The summed E-state index contributed by atoms with van der Waals surface area (Å²) >= 11 is 0. The van der Waals surface area contributed by atoms with Crippen molar-refractivity contribution in [3.8, 4) is 0 Å². The van der Waals surface area contributed by atoms with Gasteiger partial charge in [0, 0.05) is 38.2 Å². The van der Waals surface area contributed by atoms with Gasteiger partial charge in [-0.15, -0.1) is 13.2 Å². The van der Waals surface area contributed by atoms with Crippen LogP contribution in [-0.2, 0) is 4.74 Å². The van der Waals surface area contributed by atoms with Crippen molar-refractivity contribution in [1.82, 2.24) is 4.90 Å². The largest absolute Gasteiger partial charge is 0.381 e. The fraction of sp³-hybridized carbons (Fsp3) is 0.667. The summed E-state index contributed by atoms with van der Waals surface area (Å²) < 4.78 is 5.45. The van der Waals surface area contributed by atoms with E-state index in [0.29, 0.717) is 6.54 Å². The Balaban J connectivity index is 2.53. The first-order valence-electron chi connectivity index (χ1n) is 5.48. The number of rotatable bonds is 7. The van der Waals surface area contributed by atoms with Gasteiger partial charge in [-0.25, -0.2) is 0 Å². The molecule has 1 heterocycles. The van der Waals surface area contributed by atoms with Crippen LogP contribution >= 0.6 is 0 Å². The van der Waals surface area contributed by atoms with E-state index in [1.54, 1.807) is 0 Å². The van der Waals surface area contributed by atoms with Gasteiger partial charge in [0.2, 0.25) is 0 Å². The molecule has 3 heteroatoms. The maximum atomic E-state index is 5.85. The topological polar surface area (TPSA) is 38.5 Å². The predicted octanol–water partition coefficient (Wildman–Crippen LogP) is 1.03. The van der Waals surface area contributed by atoms with Gasteiger partial charge in [0.15, 0.2) is 0 Å². The van der Waals surface area contributed by atoms with Crippen LogP contribution in [0, 0.1) is 5.41 Å². The third-order valence-electron chi connectivity index (χ3n) is 2.95. The van der Waals surface area contributed by atoms with Gasteiger partial charge >= 0.3 is 0 Å². The Morgan fingerprint density at radius 2 is 2.00 bits per heavy atom. The van der Waals surface area contributed by atoms with Crippen molar-refractivity contribution in [3.63, 3.8) is 0 Å². The quantitative estimate of drug-likeness (QED) is 0.638. The van der Waals surface area contributed by atoms with Crippen LogP contribution in [0.5, 0.6) is 0 Å². The van der Waals surface area contributed by atoms with Crippen molar-refractivity contribution in [1.29, 1.82) is 0 Å². The standard InChI is InChI=1S/C12H22N2O/c1-3-6-14(7-4-2)10-12(9-13)5-8-15-11-12/h3-4H,1-2,5-11,13H2. The van der Waals surface area contributed by atoms with Gasteiger partial charge in [0.1, 0.15) is 0 Å². The zero-order valence-corrected chi connectivity index (χ0v) is 9.45. The molecule has 86 valence electrons. The second kappa shape index (κ2) is 6.05. The number of ether oxygens (including phenoxy) is 1. The van der Waals surface area contributed by atoms with E-state index in [1.807, 2.05) is 12.2 Å². The maximum absolute atomic E-state index is 5.85. The van der Waals surface area contributed by atoms with Crippen LogP contribution in [0.4, 0.5) is 0 Å². The molecule has 0 amide bonds. The van der Waals surface area contributed by atoms with E-state index >= 15 is 0 Å². The lowest BCUT2D eigenvalue weighted by Gasteiger charge is -2.32. The monoisotopic (exact) mass is 210 g/mol. The molecule has 0 saturated carbocycles. The number of nitrogens with zero attached hydrogens (tertiary/aromatic N) is 1. The van der Waals surface area contributed by atoms with E-state index < -0.39 is 0 Å². The molecule has 1 aliphatic rings. The van der Waals surface area contributed by atoms with Crippen LogP contribution in [0.1, 0.15) is 6.42 Å². The van der Waals surface area contributed by atoms with Crippen LogP contribution in [0.15, 0.2) is 25.3 Å². The van der Waals surface area contributed by atoms with Crippen LogP contribution < -0.4 is 5.73 Å². The summed E-state index contributed by atoms with van der Waals surface area (Å²) in [6, 6.07) is 0. The lowest BCUT2D eigenvalue weighted by Crippen LogP contribution is -2.43. The highest BCUT2D eigenvalue weighted by atomic mass is 16.5. The van der Waals surface area contributed by atoms with E-state index in [-0.39, 0.29) is 5.41 Å². The number of nitrogens with two attached hydrogens (primary N) is 1. The Morgan fingerprint density at radius 3 is 2.40 bits per heavy atom. The fourth-order valence-corrected chi connectivity index (χ4v) is 2.04. The van der Waals surface area contributed by atoms with Gasteiger partial charge in [-0.2, -0.15) is 0 Å². The van der Waals surface area contributed by atoms with Crippen molar-refractivity contribution >= 4 is 0 Å². The molecular weight excluding hydrogens is 188 g/mol.